The fourth-order valence-corrected chi connectivity index (χ4v) is 4.12. The quantitative estimate of drug-likeness (QED) is 0.464. The van der Waals surface area contributed by atoms with Gasteiger partial charge < -0.3 is 10.1 Å². The van der Waals surface area contributed by atoms with Crippen LogP contribution in [0.1, 0.15) is 34.9 Å². The Bertz CT molecular complexity index is 1290. The summed E-state index contributed by atoms with van der Waals surface area (Å²) < 4.78 is 7.79. The second-order valence-corrected chi connectivity index (χ2v) is 8.33. The summed E-state index contributed by atoms with van der Waals surface area (Å²) in [5.74, 6) is 0.180. The van der Waals surface area contributed by atoms with Gasteiger partial charge in [-0.25, -0.2) is 4.68 Å². The summed E-state index contributed by atoms with van der Waals surface area (Å²) in [7, 11) is 0. The third-order valence-electron chi connectivity index (χ3n) is 5.58. The molecule has 4 aromatic rings. The molecule has 0 spiro atoms. The van der Waals surface area contributed by atoms with Crippen LogP contribution >= 0.6 is 0 Å². The third-order valence-corrected chi connectivity index (χ3v) is 5.58. The molecule has 0 bridgehead atoms. The molecule has 6 heteroatoms. The van der Waals surface area contributed by atoms with Crippen molar-refractivity contribution in [2.75, 3.05) is 5.32 Å². The van der Waals surface area contributed by atoms with Gasteiger partial charge in [-0.3, -0.25) is 4.79 Å². The molecule has 0 aliphatic rings. The van der Waals surface area contributed by atoms with Crippen molar-refractivity contribution in [1.29, 1.82) is 0 Å². The zero-order valence-electron chi connectivity index (χ0n) is 19.4. The van der Waals surface area contributed by atoms with Crippen molar-refractivity contribution in [3.05, 3.63) is 76.5 Å². The molecule has 4 rings (SSSR count). The van der Waals surface area contributed by atoms with Crippen LogP contribution in [0.25, 0.3) is 16.7 Å². The maximum Gasteiger partial charge on any atom is 0.265 e. The van der Waals surface area contributed by atoms with Gasteiger partial charge in [0, 0.05) is 17.1 Å². The first-order valence-electron chi connectivity index (χ1n) is 10.7. The highest BCUT2D eigenvalue weighted by Crippen LogP contribution is 2.27. The van der Waals surface area contributed by atoms with Crippen molar-refractivity contribution >= 4 is 22.6 Å². The molecule has 0 fully saturated rings. The van der Waals surface area contributed by atoms with Crippen LogP contribution in [0.4, 0.5) is 5.69 Å². The normalized spacial score (nSPS) is 12.1. The number of hydrogen-bond acceptors (Lipinski definition) is 4. The summed E-state index contributed by atoms with van der Waals surface area (Å²) in [5.41, 5.74) is 7.58. The molecule has 1 atom stereocenters. The Morgan fingerprint density at radius 1 is 0.969 bits per heavy atom. The van der Waals surface area contributed by atoms with Crippen LogP contribution in [0.2, 0.25) is 0 Å². The van der Waals surface area contributed by atoms with Crippen LogP contribution in [-0.4, -0.2) is 26.8 Å². The van der Waals surface area contributed by atoms with E-state index in [2.05, 4.69) is 22.5 Å². The monoisotopic (exact) mass is 428 g/mol. The lowest BCUT2D eigenvalue weighted by Crippen LogP contribution is -2.31. The van der Waals surface area contributed by atoms with Crippen molar-refractivity contribution < 1.29 is 9.53 Å². The number of anilines is 1. The molecular formula is C26H28N4O2. The molecule has 0 saturated carbocycles. The lowest BCUT2D eigenvalue weighted by molar-refractivity contribution is -0.122. The summed E-state index contributed by atoms with van der Waals surface area (Å²) in [5, 5.41) is 8.68. The second kappa shape index (κ2) is 8.46. The van der Waals surface area contributed by atoms with E-state index in [9.17, 15) is 4.79 Å². The van der Waals surface area contributed by atoms with Crippen LogP contribution in [0.3, 0.4) is 0 Å². The smallest absolute Gasteiger partial charge is 0.265 e. The molecule has 0 radical (unpaired) electrons. The standard InChI is InChI=1S/C26H28N4O2/c1-15-12-17(3)24(18(4)13-15)28-26(31)20(6)32-22-14-16(2)23-19(5)29-30(25(23)27-22)21-10-8-7-9-11-21/h7-14,20H,1-6H3,(H,28,31)/t20-/m1/s1. The first-order valence-corrected chi connectivity index (χ1v) is 10.7. The van der Waals surface area contributed by atoms with E-state index in [0.717, 1.165) is 39.1 Å². The van der Waals surface area contributed by atoms with Gasteiger partial charge in [0.25, 0.3) is 5.91 Å². The number of nitrogens with zero attached hydrogens (tertiary/aromatic N) is 3. The predicted octanol–water partition coefficient (Wildman–Crippen LogP) is 5.37. The Morgan fingerprint density at radius 2 is 1.62 bits per heavy atom. The maximum absolute atomic E-state index is 12.9. The van der Waals surface area contributed by atoms with Crippen LogP contribution in [0, 0.1) is 34.6 Å². The van der Waals surface area contributed by atoms with E-state index in [4.69, 9.17) is 9.72 Å². The van der Waals surface area contributed by atoms with Gasteiger partial charge in [-0.05, 0) is 70.4 Å². The van der Waals surface area contributed by atoms with Gasteiger partial charge >= 0.3 is 0 Å². The van der Waals surface area contributed by atoms with Gasteiger partial charge in [0.1, 0.15) is 0 Å². The zero-order chi connectivity index (χ0) is 23.0. The topological polar surface area (TPSA) is 69.0 Å². The van der Waals surface area contributed by atoms with E-state index >= 15 is 0 Å². The van der Waals surface area contributed by atoms with Crippen LogP contribution in [0.5, 0.6) is 5.88 Å². The summed E-state index contributed by atoms with van der Waals surface area (Å²) in [4.78, 5) is 17.6. The number of carbonyl (C=O) groups excluding carboxylic acids is 1. The Kier molecular flexibility index (Phi) is 5.70. The fourth-order valence-electron chi connectivity index (χ4n) is 4.12. The Hall–Kier alpha value is -3.67. The molecule has 0 aliphatic carbocycles. The molecular weight excluding hydrogens is 400 g/mol. The van der Waals surface area contributed by atoms with Crippen LogP contribution in [0.15, 0.2) is 48.5 Å². The summed E-state index contributed by atoms with van der Waals surface area (Å²) in [6.45, 7) is 11.7. The lowest BCUT2D eigenvalue weighted by atomic mass is 10.0. The third kappa shape index (κ3) is 4.08. The van der Waals surface area contributed by atoms with Crippen LogP contribution < -0.4 is 10.1 Å². The predicted molar refractivity (Wildman–Crippen MR) is 128 cm³/mol. The second-order valence-electron chi connectivity index (χ2n) is 8.33. The van der Waals surface area contributed by atoms with E-state index in [1.807, 2.05) is 75.7 Å². The summed E-state index contributed by atoms with van der Waals surface area (Å²) >= 11 is 0. The highest BCUT2D eigenvalue weighted by molar-refractivity contribution is 5.95. The highest BCUT2D eigenvalue weighted by Gasteiger charge is 2.20. The Labute approximate surface area is 188 Å². The summed E-state index contributed by atoms with van der Waals surface area (Å²) in [6, 6.07) is 15.8. The molecule has 6 nitrogen and oxygen atoms in total. The maximum atomic E-state index is 12.9. The highest BCUT2D eigenvalue weighted by atomic mass is 16.5. The molecule has 0 unspecified atom stereocenters. The number of ether oxygens (including phenoxy) is 1. The number of aromatic nitrogens is 3. The minimum Gasteiger partial charge on any atom is -0.464 e. The SMILES string of the molecule is Cc1cc(C)c(NC(=O)[C@@H](C)Oc2cc(C)c3c(C)nn(-c4ccccc4)c3n2)c(C)c1. The first-order chi connectivity index (χ1) is 15.2. The molecule has 32 heavy (non-hydrogen) atoms. The minimum atomic E-state index is -0.714. The number of para-hydroxylation sites is 1. The number of fused-ring (bicyclic) bond motifs is 1. The molecule has 0 saturated heterocycles. The average molecular weight is 429 g/mol. The van der Waals surface area contributed by atoms with Gasteiger partial charge in [-0.15, -0.1) is 0 Å². The number of amides is 1. The zero-order valence-corrected chi connectivity index (χ0v) is 19.4. The van der Waals surface area contributed by atoms with Crippen molar-refractivity contribution in [2.24, 2.45) is 0 Å². The number of rotatable bonds is 5. The fraction of sp³-hybridized carbons (Fsp3) is 0.269. The molecule has 0 aliphatic heterocycles. The van der Waals surface area contributed by atoms with Crippen molar-refractivity contribution in [3.8, 4) is 11.6 Å². The number of hydrogen-bond donors (Lipinski definition) is 1. The molecule has 2 aromatic heterocycles. The Morgan fingerprint density at radius 3 is 2.28 bits per heavy atom. The van der Waals surface area contributed by atoms with E-state index in [1.54, 1.807) is 6.92 Å². The van der Waals surface area contributed by atoms with Crippen molar-refractivity contribution in [1.82, 2.24) is 14.8 Å². The van der Waals surface area contributed by atoms with E-state index in [1.165, 1.54) is 5.56 Å². The van der Waals surface area contributed by atoms with Gasteiger partial charge in [-0.2, -0.15) is 10.1 Å². The van der Waals surface area contributed by atoms with Gasteiger partial charge in [0.05, 0.1) is 11.4 Å². The van der Waals surface area contributed by atoms with Gasteiger partial charge in [0.2, 0.25) is 5.88 Å². The largest absolute Gasteiger partial charge is 0.464 e. The number of pyridine rings is 1. The lowest BCUT2D eigenvalue weighted by Gasteiger charge is -2.17. The first kappa shape index (κ1) is 21.6. The Balaban J connectivity index is 1.62. The molecule has 2 heterocycles. The number of aryl methyl sites for hydroxylation is 5. The number of nitrogens with one attached hydrogen (secondary N) is 1. The van der Waals surface area contributed by atoms with E-state index in [-0.39, 0.29) is 5.91 Å². The molecule has 1 amide bonds. The van der Waals surface area contributed by atoms with Gasteiger partial charge in [0.15, 0.2) is 11.8 Å². The number of carbonyl (C=O) groups is 1. The van der Waals surface area contributed by atoms with E-state index in [0.29, 0.717) is 11.5 Å². The molecule has 1 N–H and O–H groups in total. The minimum absolute atomic E-state index is 0.215. The average Bonchev–Trinajstić information content (AvgIpc) is 3.08. The van der Waals surface area contributed by atoms with Crippen molar-refractivity contribution in [2.45, 2.75) is 47.6 Å². The van der Waals surface area contributed by atoms with E-state index < -0.39 is 6.10 Å². The molecule has 2 aromatic carbocycles. The van der Waals surface area contributed by atoms with Gasteiger partial charge in [-0.1, -0.05) is 35.9 Å². The van der Waals surface area contributed by atoms with Crippen LogP contribution in [-0.2, 0) is 4.79 Å². The van der Waals surface area contributed by atoms with Crippen molar-refractivity contribution in [3.63, 3.8) is 0 Å². The summed E-state index contributed by atoms with van der Waals surface area (Å²) in [6.07, 6.45) is -0.714. The number of benzene rings is 2. The molecule has 164 valence electrons.